The fourth-order valence-corrected chi connectivity index (χ4v) is 13.5. The first-order valence-corrected chi connectivity index (χ1v) is 22.5. The Balaban J connectivity index is 1.21. The number of hydrogen-bond acceptors (Lipinski definition) is 4. The Morgan fingerprint density at radius 3 is 2.05 bits per heavy atom. The van der Waals surface area contributed by atoms with Crippen molar-refractivity contribution in [2.45, 2.75) is 45.8 Å². The molecule has 0 unspecified atom stereocenters. The molecule has 274 valence electrons. The zero-order valence-electron chi connectivity index (χ0n) is 32.2. The van der Waals surface area contributed by atoms with Gasteiger partial charge in [0.15, 0.2) is 0 Å². The number of thiophene rings is 1. The van der Waals surface area contributed by atoms with Gasteiger partial charge in [-0.05, 0) is 86.9 Å². The van der Waals surface area contributed by atoms with E-state index >= 15 is 0 Å². The van der Waals surface area contributed by atoms with E-state index in [9.17, 15) is 0 Å². The first-order chi connectivity index (χ1) is 28.4. The van der Waals surface area contributed by atoms with Gasteiger partial charge in [0.2, 0.25) is 0 Å². The molecule has 0 spiro atoms. The monoisotopic (exact) mass is 794 g/mol. The van der Waals surface area contributed by atoms with E-state index in [1.807, 2.05) is 34.9 Å². The van der Waals surface area contributed by atoms with Crippen LogP contribution in [0.25, 0.3) is 64.2 Å². The predicted octanol–water partition coefficient (Wildman–Crippen LogP) is 14.2. The Labute approximate surface area is 350 Å². The predicted molar refractivity (Wildman–Crippen MR) is 252 cm³/mol. The molecule has 0 fully saturated rings. The number of benzene rings is 8. The number of hydrogen-bond donors (Lipinski definition) is 0. The molecule has 0 N–H and O–H groups in total. The summed E-state index contributed by atoms with van der Waals surface area (Å²) in [5.74, 6) is 0. The van der Waals surface area contributed by atoms with E-state index in [0.717, 1.165) is 0 Å². The summed E-state index contributed by atoms with van der Waals surface area (Å²) in [5.41, 5.74) is 14.3. The van der Waals surface area contributed by atoms with Crippen molar-refractivity contribution < 1.29 is 0 Å². The largest absolute Gasteiger partial charge is 0.367 e. The molecule has 0 amide bonds. The molecule has 10 aromatic rings. The Morgan fingerprint density at radius 1 is 0.534 bits per heavy atom. The first kappa shape index (κ1) is 33.3. The van der Waals surface area contributed by atoms with Crippen LogP contribution in [0.2, 0.25) is 0 Å². The van der Waals surface area contributed by atoms with E-state index in [0.29, 0.717) is 0 Å². The maximum absolute atomic E-state index is 2.74. The minimum absolute atomic E-state index is 0.00890. The van der Waals surface area contributed by atoms with Crippen LogP contribution in [0.4, 0.5) is 17.1 Å². The molecule has 0 radical (unpaired) electrons. The van der Waals surface area contributed by atoms with Gasteiger partial charge in [-0.1, -0.05) is 153 Å². The highest BCUT2D eigenvalue weighted by Crippen LogP contribution is 2.55. The summed E-state index contributed by atoms with van der Waals surface area (Å²) >= 11 is 5.77. The molecule has 2 nitrogen and oxygen atoms in total. The third kappa shape index (κ3) is 4.54. The van der Waals surface area contributed by atoms with Crippen molar-refractivity contribution in [2.24, 2.45) is 0 Å². The number of para-hydroxylation sites is 1. The normalized spacial score (nSPS) is 13.9. The minimum atomic E-state index is -0.0223. The maximum Gasteiger partial charge on any atom is 0.333 e. The molecular weight excluding hydrogens is 760 g/mol. The van der Waals surface area contributed by atoms with Crippen LogP contribution in [0.5, 0.6) is 0 Å². The molecule has 8 aromatic carbocycles. The average Bonchev–Trinajstić information content (AvgIpc) is 3.79. The van der Waals surface area contributed by atoms with Crippen LogP contribution in [0.15, 0.2) is 177 Å². The van der Waals surface area contributed by atoms with Gasteiger partial charge >= 0.3 is 6.85 Å². The maximum atomic E-state index is 2.74. The molecule has 0 aliphatic carbocycles. The molecule has 0 saturated carbocycles. The minimum Gasteiger partial charge on any atom is -0.367 e. The molecule has 58 heavy (non-hydrogen) atoms. The Hall–Kier alpha value is -5.66. The van der Waals surface area contributed by atoms with Gasteiger partial charge in [-0.25, -0.2) is 0 Å². The number of aromatic nitrogens is 1. The lowest BCUT2D eigenvalue weighted by Crippen LogP contribution is -2.56. The molecule has 3 aliphatic heterocycles. The van der Waals surface area contributed by atoms with Gasteiger partial charge in [0.25, 0.3) is 0 Å². The van der Waals surface area contributed by atoms with Crippen molar-refractivity contribution in [3.05, 3.63) is 163 Å². The van der Waals surface area contributed by atoms with E-state index in [2.05, 4.69) is 188 Å². The molecule has 0 saturated heterocycles. The first-order valence-electron chi connectivity index (χ1n) is 20.0. The highest BCUT2D eigenvalue weighted by atomic mass is 32.2. The van der Waals surface area contributed by atoms with Crippen molar-refractivity contribution in [3.8, 4) is 22.3 Å². The molecule has 5 heterocycles. The topological polar surface area (TPSA) is 8.17 Å². The van der Waals surface area contributed by atoms with E-state index in [1.165, 1.54) is 117 Å². The fraction of sp³-hybridized carbons (Fsp3) is 0.0769. The second-order valence-corrected chi connectivity index (χ2v) is 20.1. The van der Waals surface area contributed by atoms with E-state index < -0.39 is 0 Å². The highest BCUT2D eigenvalue weighted by Gasteiger charge is 2.45. The lowest BCUT2D eigenvalue weighted by molar-refractivity contribution is 0.590. The van der Waals surface area contributed by atoms with Gasteiger partial charge in [-0.2, -0.15) is 0 Å². The smallest absolute Gasteiger partial charge is 0.333 e. The SMILES string of the molecule is CC(C)(C)c1ccc(N2c3cc4c(cc3B3c5c(cc6ccccc6c52)-c2cccc5c6c7ccccc7sc6n3c25)Sc2ccccc2S4)c(-c2ccccc2)c1. The lowest BCUT2D eigenvalue weighted by Gasteiger charge is -2.42. The van der Waals surface area contributed by atoms with Gasteiger partial charge in [0.05, 0.1) is 16.2 Å². The van der Waals surface area contributed by atoms with Crippen LogP contribution >= 0.6 is 34.9 Å². The number of anilines is 3. The summed E-state index contributed by atoms with van der Waals surface area (Å²) in [5, 5.41) is 6.60. The van der Waals surface area contributed by atoms with Crippen molar-refractivity contribution >= 4 is 112 Å². The standard InChI is InChI=1S/C52H35BN2S3/c1-52(2,3)32-24-25-40(37(27-32)30-14-5-4-6-15-30)54-41-29-46-45(56-43-22-11-12-23-44(43)57-46)28-39(41)53-48-38(26-31-16-7-8-17-33(31)50(48)54)34-19-13-20-36-47-35-18-9-10-21-42(35)58-51(47)55(53)49(34)36/h4-29H,1-3H3. The average molecular weight is 795 g/mol. The zero-order chi connectivity index (χ0) is 38.4. The fourth-order valence-electron chi connectivity index (χ4n) is 9.95. The summed E-state index contributed by atoms with van der Waals surface area (Å²) in [6.45, 7) is 6.94. The van der Waals surface area contributed by atoms with Gasteiger partial charge < -0.3 is 9.38 Å². The molecule has 6 heteroatoms. The van der Waals surface area contributed by atoms with E-state index in [4.69, 9.17) is 0 Å². The number of fused-ring (bicyclic) bond motifs is 13. The third-order valence-electron chi connectivity index (χ3n) is 12.6. The van der Waals surface area contributed by atoms with Crippen LogP contribution in [0, 0.1) is 0 Å². The number of nitrogens with zero attached hydrogens (tertiary/aromatic N) is 2. The van der Waals surface area contributed by atoms with Crippen molar-refractivity contribution in [1.29, 1.82) is 0 Å². The van der Waals surface area contributed by atoms with Crippen LogP contribution in [-0.4, -0.2) is 11.3 Å². The summed E-state index contributed by atoms with van der Waals surface area (Å²) in [7, 11) is 0. The number of rotatable bonds is 2. The highest BCUT2D eigenvalue weighted by molar-refractivity contribution is 8.05. The quantitative estimate of drug-likeness (QED) is 0.161. The van der Waals surface area contributed by atoms with E-state index in [1.54, 1.807) is 0 Å². The van der Waals surface area contributed by atoms with Crippen molar-refractivity contribution in [3.63, 3.8) is 0 Å². The molecule has 13 rings (SSSR count). The Morgan fingerprint density at radius 2 is 1.24 bits per heavy atom. The summed E-state index contributed by atoms with van der Waals surface area (Å²) in [6, 6.07) is 59.8. The second kappa shape index (κ2) is 12.0. The van der Waals surface area contributed by atoms with Crippen LogP contribution in [0.1, 0.15) is 26.3 Å². The van der Waals surface area contributed by atoms with E-state index in [-0.39, 0.29) is 12.3 Å². The molecule has 0 bridgehead atoms. The van der Waals surface area contributed by atoms with Crippen molar-refractivity contribution in [2.75, 3.05) is 4.90 Å². The zero-order valence-corrected chi connectivity index (χ0v) is 34.7. The summed E-state index contributed by atoms with van der Waals surface area (Å²) in [6.07, 6.45) is 0. The Bertz CT molecular complexity index is 3410. The van der Waals surface area contributed by atoms with Crippen LogP contribution < -0.4 is 15.8 Å². The lowest BCUT2D eigenvalue weighted by atomic mass is 9.45. The van der Waals surface area contributed by atoms with Gasteiger partial charge in [-0.15, -0.1) is 11.3 Å². The van der Waals surface area contributed by atoms with Crippen LogP contribution in [-0.2, 0) is 5.41 Å². The van der Waals surface area contributed by atoms with Gasteiger partial charge in [0, 0.05) is 68.2 Å². The molecular formula is C52H35BN2S3. The van der Waals surface area contributed by atoms with Crippen LogP contribution in [0.3, 0.4) is 0 Å². The second-order valence-electron chi connectivity index (χ2n) is 16.9. The molecule has 0 atom stereocenters. The van der Waals surface area contributed by atoms with Crippen molar-refractivity contribution in [1.82, 2.24) is 4.48 Å². The molecule has 3 aliphatic rings. The Kier molecular flexibility index (Phi) is 6.87. The summed E-state index contributed by atoms with van der Waals surface area (Å²) in [4.78, 5) is 9.29. The summed E-state index contributed by atoms with van der Waals surface area (Å²) < 4.78 is 4.08. The van der Waals surface area contributed by atoms with Gasteiger partial charge in [0.1, 0.15) is 0 Å². The third-order valence-corrected chi connectivity index (χ3v) is 16.2. The molecule has 2 aromatic heterocycles. The van der Waals surface area contributed by atoms with Gasteiger partial charge in [-0.3, -0.25) is 0 Å².